The Kier molecular flexibility index (Phi) is 3.89. The first-order valence-electron chi connectivity index (χ1n) is 8.05. The van der Waals surface area contributed by atoms with Gasteiger partial charge >= 0.3 is 0 Å². The third-order valence-electron chi connectivity index (χ3n) is 4.30. The highest BCUT2D eigenvalue weighted by Gasteiger charge is 2.25. The van der Waals surface area contributed by atoms with E-state index in [0.29, 0.717) is 6.61 Å². The maximum absolute atomic E-state index is 5.87. The summed E-state index contributed by atoms with van der Waals surface area (Å²) in [6, 6.07) is 8.18. The van der Waals surface area contributed by atoms with E-state index in [9.17, 15) is 0 Å². The lowest BCUT2D eigenvalue weighted by atomic mass is 10.1. The highest BCUT2D eigenvalue weighted by atomic mass is 16.5. The van der Waals surface area contributed by atoms with Gasteiger partial charge in [-0.05, 0) is 24.6 Å². The molecule has 1 atom stereocenters. The summed E-state index contributed by atoms with van der Waals surface area (Å²) in [5, 5.41) is 0. The Hall–Kier alpha value is -2.11. The quantitative estimate of drug-likeness (QED) is 0.946. The zero-order chi connectivity index (χ0) is 15.6. The summed E-state index contributed by atoms with van der Waals surface area (Å²) in [6.45, 7) is 6.11. The van der Waals surface area contributed by atoms with Gasteiger partial charge in [-0.1, -0.05) is 18.2 Å². The topological polar surface area (TPSA) is 50.4 Å². The number of rotatable bonds is 3. The van der Waals surface area contributed by atoms with Gasteiger partial charge < -0.3 is 14.5 Å². The Morgan fingerprint density at radius 2 is 2.26 bits per heavy atom. The second-order valence-electron chi connectivity index (χ2n) is 6.18. The molecule has 1 saturated heterocycles. The fourth-order valence-electron chi connectivity index (χ4n) is 3.15. The number of ether oxygens (including phenoxy) is 2. The number of fused-ring (bicyclic) bond motifs is 1. The number of aromatic nitrogens is 2. The zero-order valence-electron chi connectivity index (χ0n) is 13.3. The Labute approximate surface area is 135 Å². The maximum atomic E-state index is 5.87. The minimum absolute atomic E-state index is 0.0230. The van der Waals surface area contributed by atoms with E-state index in [-0.39, 0.29) is 6.10 Å². The van der Waals surface area contributed by atoms with Gasteiger partial charge in [0.15, 0.2) is 0 Å². The van der Waals surface area contributed by atoms with Crippen molar-refractivity contribution < 1.29 is 9.47 Å². The van der Waals surface area contributed by atoms with Crippen molar-refractivity contribution in [3.63, 3.8) is 0 Å². The van der Waals surface area contributed by atoms with Gasteiger partial charge in [-0.2, -0.15) is 0 Å². The van der Waals surface area contributed by atoms with Gasteiger partial charge in [0.25, 0.3) is 0 Å². The van der Waals surface area contributed by atoms with Crippen molar-refractivity contribution in [2.45, 2.75) is 13.0 Å². The maximum Gasteiger partial charge on any atom is 0.136 e. The lowest BCUT2D eigenvalue weighted by Crippen LogP contribution is -2.40. The van der Waals surface area contributed by atoms with Crippen LogP contribution < -0.4 is 4.74 Å². The molecule has 3 heterocycles. The van der Waals surface area contributed by atoms with E-state index in [4.69, 9.17) is 9.47 Å². The number of morpholine rings is 1. The normalized spacial score (nSPS) is 21.4. The molecule has 120 valence electrons. The first-order chi connectivity index (χ1) is 11.3. The highest BCUT2D eigenvalue weighted by molar-refractivity contribution is 5.62. The summed E-state index contributed by atoms with van der Waals surface area (Å²) in [4.78, 5) is 10.1. The summed E-state index contributed by atoms with van der Waals surface area (Å²) in [5.41, 5.74) is 3.54. The Morgan fingerprint density at radius 3 is 3.13 bits per heavy atom. The van der Waals surface area contributed by atoms with Crippen LogP contribution in [0.3, 0.4) is 0 Å². The number of imidazole rings is 1. The lowest BCUT2D eigenvalue weighted by molar-refractivity contribution is -0.0313. The lowest BCUT2D eigenvalue weighted by Gasteiger charge is -2.33. The van der Waals surface area contributed by atoms with Gasteiger partial charge in [0.1, 0.15) is 24.3 Å². The molecule has 2 aliphatic heterocycles. The van der Waals surface area contributed by atoms with Crippen molar-refractivity contribution in [1.82, 2.24) is 14.9 Å². The van der Waals surface area contributed by atoms with E-state index >= 15 is 0 Å². The second-order valence-corrected chi connectivity index (χ2v) is 6.18. The van der Waals surface area contributed by atoms with Gasteiger partial charge in [0.05, 0.1) is 6.61 Å². The molecule has 0 radical (unpaired) electrons. The molecule has 1 aromatic carbocycles. The molecule has 1 aromatic heterocycles. The van der Waals surface area contributed by atoms with Crippen molar-refractivity contribution in [1.29, 1.82) is 0 Å². The van der Waals surface area contributed by atoms with E-state index in [1.165, 1.54) is 11.1 Å². The van der Waals surface area contributed by atoms with E-state index < -0.39 is 0 Å². The first-order valence-corrected chi connectivity index (χ1v) is 8.05. The van der Waals surface area contributed by atoms with Crippen LogP contribution in [0.15, 0.2) is 36.0 Å². The molecule has 5 nitrogen and oxygen atoms in total. The smallest absolute Gasteiger partial charge is 0.136 e. The monoisotopic (exact) mass is 311 g/mol. The molecule has 2 aliphatic rings. The highest BCUT2D eigenvalue weighted by Crippen LogP contribution is 2.27. The SMILES string of the molecule is Cc1cnc([C@@H]2CN(CC3=Cc4ccccc4OC3)CCO2)[nH]1. The van der Waals surface area contributed by atoms with E-state index in [0.717, 1.165) is 43.5 Å². The summed E-state index contributed by atoms with van der Waals surface area (Å²) in [5.74, 6) is 1.90. The number of hydrogen-bond acceptors (Lipinski definition) is 4. The molecule has 1 N–H and O–H groups in total. The summed E-state index contributed by atoms with van der Waals surface area (Å²) < 4.78 is 11.7. The second kappa shape index (κ2) is 6.18. The number of para-hydroxylation sites is 1. The Balaban J connectivity index is 1.44. The van der Waals surface area contributed by atoms with Crippen LogP contribution in [0.4, 0.5) is 0 Å². The predicted octanol–water partition coefficient (Wildman–Crippen LogP) is 2.57. The number of aromatic amines is 1. The zero-order valence-corrected chi connectivity index (χ0v) is 13.3. The molecule has 0 aliphatic carbocycles. The number of benzene rings is 1. The minimum atomic E-state index is 0.0230. The van der Waals surface area contributed by atoms with Crippen molar-refractivity contribution in [2.24, 2.45) is 0 Å². The molecule has 1 fully saturated rings. The van der Waals surface area contributed by atoms with E-state index in [1.807, 2.05) is 31.3 Å². The first kappa shape index (κ1) is 14.5. The Morgan fingerprint density at radius 1 is 1.35 bits per heavy atom. The number of nitrogens with one attached hydrogen (secondary N) is 1. The van der Waals surface area contributed by atoms with E-state index in [2.05, 4.69) is 27.0 Å². The fraction of sp³-hybridized carbons (Fsp3) is 0.389. The Bertz CT molecular complexity index is 723. The molecule has 23 heavy (non-hydrogen) atoms. The predicted molar refractivity (Wildman–Crippen MR) is 88.4 cm³/mol. The van der Waals surface area contributed by atoms with Crippen LogP contribution in [-0.4, -0.2) is 47.7 Å². The molecule has 0 spiro atoms. The molecule has 4 rings (SSSR count). The van der Waals surface area contributed by atoms with Gasteiger partial charge in [0.2, 0.25) is 0 Å². The third-order valence-corrected chi connectivity index (χ3v) is 4.30. The summed E-state index contributed by atoms with van der Waals surface area (Å²) in [7, 11) is 0. The largest absolute Gasteiger partial charge is 0.489 e. The number of nitrogens with zero attached hydrogens (tertiary/aromatic N) is 2. The molecule has 2 aromatic rings. The van der Waals surface area contributed by atoms with Gasteiger partial charge in [-0.25, -0.2) is 4.98 Å². The average Bonchev–Trinajstić information content (AvgIpc) is 3.02. The number of H-pyrrole nitrogens is 1. The minimum Gasteiger partial charge on any atom is -0.489 e. The van der Waals surface area contributed by atoms with Crippen LogP contribution in [0.25, 0.3) is 6.08 Å². The van der Waals surface area contributed by atoms with Crippen molar-refractivity contribution in [3.8, 4) is 5.75 Å². The third kappa shape index (κ3) is 3.16. The van der Waals surface area contributed by atoms with Crippen molar-refractivity contribution >= 4 is 6.08 Å². The molecule has 0 bridgehead atoms. The van der Waals surface area contributed by atoms with Crippen LogP contribution in [0, 0.1) is 6.92 Å². The number of aryl methyl sites for hydroxylation is 1. The number of hydrogen-bond donors (Lipinski definition) is 1. The van der Waals surface area contributed by atoms with Crippen molar-refractivity contribution in [2.75, 3.05) is 32.8 Å². The summed E-state index contributed by atoms with van der Waals surface area (Å²) in [6.07, 6.45) is 4.13. The van der Waals surface area contributed by atoms with Crippen LogP contribution in [0.1, 0.15) is 23.2 Å². The van der Waals surface area contributed by atoms with Crippen LogP contribution in [0.5, 0.6) is 5.75 Å². The van der Waals surface area contributed by atoms with Crippen LogP contribution in [0.2, 0.25) is 0 Å². The molecule has 0 saturated carbocycles. The molecular weight excluding hydrogens is 290 g/mol. The molecular formula is C18H21N3O2. The van der Waals surface area contributed by atoms with Gasteiger partial charge in [-0.15, -0.1) is 0 Å². The van der Waals surface area contributed by atoms with Crippen LogP contribution in [-0.2, 0) is 4.74 Å². The molecule has 0 amide bonds. The molecule has 0 unspecified atom stereocenters. The van der Waals surface area contributed by atoms with E-state index in [1.54, 1.807) is 0 Å². The van der Waals surface area contributed by atoms with Crippen molar-refractivity contribution in [3.05, 3.63) is 53.1 Å². The fourth-order valence-corrected chi connectivity index (χ4v) is 3.15. The summed E-state index contributed by atoms with van der Waals surface area (Å²) >= 11 is 0. The average molecular weight is 311 g/mol. The van der Waals surface area contributed by atoms with Gasteiger partial charge in [0, 0.05) is 37.1 Å². The standard InChI is InChI=1S/C18H21N3O2/c1-13-9-19-18(20-13)17-11-21(6-7-22-17)10-14-8-15-4-2-3-5-16(15)23-12-14/h2-5,8-9,17H,6-7,10-12H2,1H3,(H,19,20)/t17-/m0/s1. The van der Waals surface area contributed by atoms with Gasteiger partial charge in [-0.3, -0.25) is 4.90 Å². The van der Waals surface area contributed by atoms with Crippen LogP contribution >= 0.6 is 0 Å². The molecule has 5 heteroatoms.